The molecule has 0 aromatic heterocycles. The van der Waals surface area contributed by atoms with Crippen LogP contribution in [0.1, 0.15) is 59.8 Å². The van der Waals surface area contributed by atoms with Crippen LogP contribution in [-0.4, -0.2) is 36.0 Å². The van der Waals surface area contributed by atoms with Crippen LogP contribution in [-0.2, 0) is 0 Å². The van der Waals surface area contributed by atoms with Gasteiger partial charge in [0.05, 0.1) is 0 Å². The highest BCUT2D eigenvalue weighted by molar-refractivity contribution is 5.17. The van der Waals surface area contributed by atoms with E-state index in [1.807, 2.05) is 13.8 Å². The second-order valence-corrected chi connectivity index (χ2v) is 5.20. The van der Waals surface area contributed by atoms with Crippen LogP contribution >= 0.6 is 0 Å². The summed E-state index contributed by atoms with van der Waals surface area (Å²) in [4.78, 5) is 5.09. The van der Waals surface area contributed by atoms with Crippen molar-refractivity contribution in [1.29, 1.82) is 0 Å². The summed E-state index contributed by atoms with van der Waals surface area (Å²) >= 11 is 0. The Morgan fingerprint density at radius 1 is 0.941 bits per heavy atom. The number of allylic oxidation sites excluding steroid dienone is 1. The molecule has 0 N–H and O–H groups in total. The maximum atomic E-state index is 2.61. The minimum absolute atomic E-state index is 0.647. The van der Waals surface area contributed by atoms with Gasteiger partial charge in [-0.05, 0) is 51.5 Å². The fourth-order valence-electron chi connectivity index (χ4n) is 2.91. The third kappa shape index (κ3) is 3.40. The van der Waals surface area contributed by atoms with Crippen LogP contribution in [0.15, 0.2) is 11.4 Å². The second-order valence-electron chi connectivity index (χ2n) is 5.20. The average molecular weight is 238 g/mol. The molecule has 0 saturated heterocycles. The quantitative estimate of drug-likeness (QED) is 0.685. The van der Waals surface area contributed by atoms with E-state index in [1.54, 1.807) is 11.4 Å². The Labute approximate surface area is 108 Å². The van der Waals surface area contributed by atoms with Gasteiger partial charge in [0.2, 0.25) is 0 Å². The van der Waals surface area contributed by atoms with Crippen molar-refractivity contribution >= 4 is 0 Å². The van der Waals surface area contributed by atoms with Gasteiger partial charge >= 0.3 is 0 Å². The Morgan fingerprint density at radius 2 is 1.59 bits per heavy atom. The van der Waals surface area contributed by atoms with Crippen molar-refractivity contribution in [2.75, 3.05) is 20.1 Å². The molecule has 0 aromatic carbocycles. The van der Waals surface area contributed by atoms with Gasteiger partial charge in [-0.15, -0.1) is 0 Å². The van der Waals surface area contributed by atoms with Crippen LogP contribution in [0.2, 0.25) is 0 Å². The predicted molar refractivity (Wildman–Crippen MR) is 75.9 cm³/mol. The van der Waals surface area contributed by atoms with Crippen LogP contribution in [0.25, 0.3) is 0 Å². The molecule has 0 aromatic rings. The molecule has 2 heteroatoms. The van der Waals surface area contributed by atoms with E-state index < -0.39 is 0 Å². The van der Waals surface area contributed by atoms with Gasteiger partial charge in [0.15, 0.2) is 0 Å². The van der Waals surface area contributed by atoms with Crippen LogP contribution < -0.4 is 0 Å². The summed E-state index contributed by atoms with van der Waals surface area (Å²) in [6.07, 6.45) is 6.77. The fraction of sp³-hybridized carbons (Fsp3) is 0.867. The van der Waals surface area contributed by atoms with Crippen molar-refractivity contribution in [2.24, 2.45) is 0 Å². The van der Waals surface area contributed by atoms with Gasteiger partial charge in [-0.3, -0.25) is 0 Å². The molecule has 0 aliphatic carbocycles. The van der Waals surface area contributed by atoms with Gasteiger partial charge in [0.1, 0.15) is 5.82 Å². The third-order valence-corrected chi connectivity index (χ3v) is 3.67. The van der Waals surface area contributed by atoms with Crippen molar-refractivity contribution in [3.05, 3.63) is 11.4 Å². The molecule has 2 aliphatic rings. The van der Waals surface area contributed by atoms with E-state index in [1.165, 1.54) is 45.2 Å². The highest BCUT2D eigenvalue weighted by atomic mass is 15.3. The highest BCUT2D eigenvalue weighted by Gasteiger charge is 2.25. The normalized spacial score (nSPS) is 20.8. The summed E-state index contributed by atoms with van der Waals surface area (Å²) in [5.41, 5.74) is 1.72. The molecule has 0 spiro atoms. The first-order valence-corrected chi connectivity index (χ1v) is 7.40. The summed E-state index contributed by atoms with van der Waals surface area (Å²) in [7, 11) is 2.26. The van der Waals surface area contributed by atoms with Crippen molar-refractivity contribution in [3.63, 3.8) is 0 Å². The first-order valence-electron chi connectivity index (χ1n) is 7.40. The van der Waals surface area contributed by atoms with Gasteiger partial charge in [-0.1, -0.05) is 13.8 Å². The summed E-state index contributed by atoms with van der Waals surface area (Å²) in [6.45, 7) is 11.1. The molecule has 0 atom stereocenters. The topological polar surface area (TPSA) is 6.48 Å². The van der Waals surface area contributed by atoms with Crippen molar-refractivity contribution in [3.8, 4) is 0 Å². The molecule has 100 valence electrons. The lowest BCUT2D eigenvalue weighted by molar-refractivity contribution is 0.187. The summed E-state index contributed by atoms with van der Waals surface area (Å²) in [5.74, 6) is 1.56. The molecule has 0 unspecified atom stereocenters. The summed E-state index contributed by atoms with van der Waals surface area (Å²) < 4.78 is 0. The average Bonchev–Trinajstić information content (AvgIpc) is 2.55. The summed E-state index contributed by atoms with van der Waals surface area (Å²) in [6, 6.07) is 0.647. The smallest absolute Gasteiger partial charge is 0.103 e. The lowest BCUT2D eigenvalue weighted by Crippen LogP contribution is -2.40. The molecule has 0 saturated carbocycles. The maximum Gasteiger partial charge on any atom is 0.103 e. The number of hydrogen-bond donors (Lipinski definition) is 0. The van der Waals surface area contributed by atoms with Crippen LogP contribution in [0.5, 0.6) is 0 Å². The van der Waals surface area contributed by atoms with E-state index in [4.69, 9.17) is 0 Å². The van der Waals surface area contributed by atoms with Crippen LogP contribution in [0.4, 0.5) is 0 Å². The number of hydrogen-bond acceptors (Lipinski definition) is 2. The lowest BCUT2D eigenvalue weighted by atomic mass is 10.0. The number of rotatable bonds is 1. The van der Waals surface area contributed by atoms with E-state index in [-0.39, 0.29) is 0 Å². The zero-order valence-corrected chi connectivity index (χ0v) is 12.4. The first kappa shape index (κ1) is 14.4. The van der Waals surface area contributed by atoms with Crippen molar-refractivity contribution in [1.82, 2.24) is 9.80 Å². The molecule has 0 amide bonds. The van der Waals surface area contributed by atoms with Crippen molar-refractivity contribution < 1.29 is 0 Å². The minimum atomic E-state index is 0.647. The first-order chi connectivity index (χ1) is 8.20. The van der Waals surface area contributed by atoms with E-state index in [0.29, 0.717) is 6.04 Å². The van der Waals surface area contributed by atoms with Crippen molar-refractivity contribution in [2.45, 2.75) is 65.8 Å². The Kier molecular flexibility index (Phi) is 5.87. The molecular formula is C15H30N2. The van der Waals surface area contributed by atoms with E-state index in [0.717, 1.165) is 0 Å². The monoisotopic (exact) mass is 238 g/mol. The van der Waals surface area contributed by atoms with E-state index >= 15 is 0 Å². The zero-order chi connectivity index (χ0) is 12.8. The highest BCUT2D eigenvalue weighted by Crippen LogP contribution is 2.31. The van der Waals surface area contributed by atoms with Gasteiger partial charge in [-0.2, -0.15) is 0 Å². The second kappa shape index (κ2) is 6.93. The molecule has 2 heterocycles. The predicted octanol–water partition coefficient (Wildman–Crippen LogP) is 3.84. The molecule has 0 fully saturated rings. The zero-order valence-electron chi connectivity index (χ0n) is 12.4. The fourth-order valence-corrected chi connectivity index (χ4v) is 2.91. The van der Waals surface area contributed by atoms with Crippen LogP contribution in [0, 0.1) is 0 Å². The Hall–Kier alpha value is -0.660. The number of nitrogens with zero attached hydrogens (tertiary/aromatic N) is 2. The van der Waals surface area contributed by atoms with E-state index in [9.17, 15) is 0 Å². The molecular weight excluding hydrogens is 208 g/mol. The Morgan fingerprint density at radius 3 is 2.24 bits per heavy atom. The Bertz CT molecular complexity index is 256. The SMILES string of the molecule is CC.CC(C)N1CCCCC2=C1N(C)CCC2. The van der Waals surface area contributed by atoms with Crippen LogP contribution in [0.3, 0.4) is 0 Å². The van der Waals surface area contributed by atoms with Gasteiger partial charge in [-0.25, -0.2) is 0 Å². The summed E-state index contributed by atoms with van der Waals surface area (Å²) in [5, 5.41) is 0. The van der Waals surface area contributed by atoms with E-state index in [2.05, 4.69) is 30.7 Å². The molecule has 0 bridgehead atoms. The molecule has 2 aliphatic heterocycles. The molecule has 17 heavy (non-hydrogen) atoms. The van der Waals surface area contributed by atoms with Gasteiger partial charge < -0.3 is 9.80 Å². The molecule has 0 radical (unpaired) electrons. The molecule has 2 nitrogen and oxygen atoms in total. The Balaban J connectivity index is 0.000000686. The maximum absolute atomic E-state index is 2.61. The molecule has 2 rings (SSSR count). The lowest BCUT2D eigenvalue weighted by Gasteiger charge is -2.39. The third-order valence-electron chi connectivity index (χ3n) is 3.67. The minimum Gasteiger partial charge on any atom is -0.361 e. The van der Waals surface area contributed by atoms with Gasteiger partial charge in [0, 0.05) is 26.2 Å². The standard InChI is InChI=1S/C13H24N2.C2H6/c1-11(2)15-10-5-4-7-12-8-6-9-14(3)13(12)15;1-2/h11H,4-10H2,1-3H3;1-2H3. The van der Waals surface area contributed by atoms with Gasteiger partial charge in [0.25, 0.3) is 0 Å². The largest absolute Gasteiger partial charge is 0.361 e.